The van der Waals surface area contributed by atoms with Gasteiger partial charge in [0, 0.05) is 7.05 Å². The second-order valence-electron chi connectivity index (χ2n) is 6.13. The maximum atomic E-state index is 12.1. The largest absolute Gasteiger partial charge is 0.467 e. The SMILES string of the molecule is COC(=O)[C@H](COCc1ccccc1)N(C)C(=O)OC(C)(C)C. The monoisotopic (exact) mass is 323 g/mol. The van der Waals surface area contributed by atoms with Gasteiger partial charge in [-0.1, -0.05) is 30.3 Å². The standard InChI is InChI=1S/C17H25NO5/c1-17(2,3)23-16(20)18(4)14(15(19)21-5)12-22-11-13-9-7-6-8-10-13/h6-10,14H,11-12H2,1-5H3/t14-/m0/s1. The number of ether oxygens (including phenoxy) is 3. The van der Waals surface area contributed by atoms with E-state index in [-0.39, 0.29) is 6.61 Å². The van der Waals surface area contributed by atoms with Crippen molar-refractivity contribution in [1.29, 1.82) is 0 Å². The topological polar surface area (TPSA) is 65.1 Å². The number of hydrogen-bond acceptors (Lipinski definition) is 5. The van der Waals surface area contributed by atoms with Crippen LogP contribution in [0.2, 0.25) is 0 Å². The fraction of sp³-hybridized carbons (Fsp3) is 0.529. The number of carbonyl (C=O) groups excluding carboxylic acids is 2. The molecule has 0 aromatic heterocycles. The molecule has 0 spiro atoms. The number of amides is 1. The first-order chi connectivity index (χ1) is 10.7. The Balaban J connectivity index is 2.65. The molecule has 1 amide bonds. The molecule has 0 bridgehead atoms. The van der Waals surface area contributed by atoms with Crippen molar-refractivity contribution in [3.05, 3.63) is 35.9 Å². The van der Waals surface area contributed by atoms with Gasteiger partial charge in [-0.3, -0.25) is 4.90 Å². The van der Waals surface area contributed by atoms with Crippen molar-refractivity contribution in [2.24, 2.45) is 0 Å². The van der Waals surface area contributed by atoms with E-state index in [9.17, 15) is 9.59 Å². The lowest BCUT2D eigenvalue weighted by atomic mass is 10.2. The molecule has 0 saturated carbocycles. The van der Waals surface area contributed by atoms with E-state index in [2.05, 4.69) is 0 Å². The van der Waals surface area contributed by atoms with E-state index in [1.807, 2.05) is 30.3 Å². The van der Waals surface area contributed by atoms with Crippen molar-refractivity contribution in [3.8, 4) is 0 Å². The van der Waals surface area contributed by atoms with Crippen molar-refractivity contribution in [1.82, 2.24) is 4.90 Å². The molecule has 1 atom stereocenters. The summed E-state index contributed by atoms with van der Waals surface area (Å²) < 4.78 is 15.6. The number of carbonyl (C=O) groups is 2. The smallest absolute Gasteiger partial charge is 0.410 e. The van der Waals surface area contributed by atoms with E-state index in [4.69, 9.17) is 14.2 Å². The van der Waals surface area contributed by atoms with Gasteiger partial charge in [-0.25, -0.2) is 9.59 Å². The molecule has 0 aliphatic carbocycles. The quantitative estimate of drug-likeness (QED) is 0.753. The molecule has 128 valence electrons. The molecular formula is C17H25NO5. The molecule has 1 aromatic rings. The minimum atomic E-state index is -0.862. The second-order valence-corrected chi connectivity index (χ2v) is 6.13. The second kappa shape index (κ2) is 8.53. The molecule has 0 radical (unpaired) electrons. The molecule has 0 fully saturated rings. The van der Waals surface area contributed by atoms with Crippen LogP contribution in [-0.4, -0.2) is 49.4 Å². The number of benzene rings is 1. The third-order valence-corrected chi connectivity index (χ3v) is 3.01. The maximum absolute atomic E-state index is 12.1. The van der Waals surface area contributed by atoms with Crippen LogP contribution in [0.4, 0.5) is 4.79 Å². The van der Waals surface area contributed by atoms with Crippen LogP contribution < -0.4 is 0 Å². The molecule has 6 heteroatoms. The highest BCUT2D eigenvalue weighted by Gasteiger charge is 2.31. The van der Waals surface area contributed by atoms with Crippen LogP contribution in [0.25, 0.3) is 0 Å². The molecule has 0 heterocycles. The van der Waals surface area contributed by atoms with E-state index in [0.717, 1.165) is 5.56 Å². The minimum Gasteiger partial charge on any atom is -0.467 e. The Labute approximate surface area is 137 Å². The van der Waals surface area contributed by atoms with Crippen molar-refractivity contribution in [2.75, 3.05) is 20.8 Å². The first kappa shape index (κ1) is 19.0. The first-order valence-corrected chi connectivity index (χ1v) is 7.40. The molecule has 0 aliphatic heterocycles. The van der Waals surface area contributed by atoms with Crippen molar-refractivity contribution in [3.63, 3.8) is 0 Å². The third kappa shape index (κ3) is 6.69. The molecule has 0 aliphatic rings. The molecule has 0 unspecified atom stereocenters. The average Bonchev–Trinajstić information content (AvgIpc) is 2.49. The highest BCUT2D eigenvalue weighted by atomic mass is 16.6. The Kier molecular flexibility index (Phi) is 7.03. The predicted molar refractivity (Wildman–Crippen MR) is 85.9 cm³/mol. The van der Waals surface area contributed by atoms with Crippen molar-refractivity contribution < 1.29 is 23.8 Å². The lowest BCUT2D eigenvalue weighted by molar-refractivity contribution is -0.148. The highest BCUT2D eigenvalue weighted by Crippen LogP contribution is 2.12. The molecule has 6 nitrogen and oxygen atoms in total. The van der Waals surface area contributed by atoms with E-state index in [1.165, 1.54) is 19.1 Å². The fourth-order valence-corrected chi connectivity index (χ4v) is 1.80. The molecule has 0 saturated heterocycles. The highest BCUT2D eigenvalue weighted by molar-refractivity contribution is 5.81. The zero-order chi connectivity index (χ0) is 17.5. The number of hydrogen-bond donors (Lipinski definition) is 0. The average molecular weight is 323 g/mol. The van der Waals surface area contributed by atoms with Crippen molar-refractivity contribution in [2.45, 2.75) is 39.0 Å². The van der Waals surface area contributed by atoms with Crippen LogP contribution >= 0.6 is 0 Å². The lowest BCUT2D eigenvalue weighted by Gasteiger charge is -2.29. The number of rotatable bonds is 6. The van der Waals surface area contributed by atoms with E-state index >= 15 is 0 Å². The van der Waals surface area contributed by atoms with E-state index < -0.39 is 23.7 Å². The summed E-state index contributed by atoms with van der Waals surface area (Å²) in [6.07, 6.45) is -0.601. The van der Waals surface area contributed by atoms with Crippen LogP contribution in [0.5, 0.6) is 0 Å². The Morgan fingerprint density at radius 3 is 2.30 bits per heavy atom. The summed E-state index contributed by atoms with van der Waals surface area (Å²) in [6, 6.07) is 8.71. The molecule has 23 heavy (non-hydrogen) atoms. The van der Waals surface area contributed by atoms with Crippen LogP contribution in [0.15, 0.2) is 30.3 Å². The van der Waals surface area contributed by atoms with Crippen LogP contribution in [0, 0.1) is 0 Å². The summed E-state index contributed by atoms with van der Waals surface area (Å²) in [5, 5.41) is 0. The Bertz CT molecular complexity index is 509. The van der Waals surface area contributed by atoms with Crippen LogP contribution in [-0.2, 0) is 25.6 Å². The summed E-state index contributed by atoms with van der Waals surface area (Å²) in [7, 11) is 2.76. The summed E-state index contributed by atoms with van der Waals surface area (Å²) in [5.74, 6) is -0.550. The molecule has 0 N–H and O–H groups in total. The number of likely N-dealkylation sites (N-methyl/N-ethyl adjacent to an activating group) is 1. The van der Waals surface area contributed by atoms with Gasteiger partial charge in [-0.2, -0.15) is 0 Å². The van der Waals surface area contributed by atoms with Gasteiger partial charge in [-0.05, 0) is 26.3 Å². The van der Waals surface area contributed by atoms with Gasteiger partial charge in [0.2, 0.25) is 0 Å². The summed E-state index contributed by atoms with van der Waals surface area (Å²) in [4.78, 5) is 25.2. The van der Waals surface area contributed by atoms with Gasteiger partial charge in [0.25, 0.3) is 0 Å². The Morgan fingerprint density at radius 2 is 1.78 bits per heavy atom. The first-order valence-electron chi connectivity index (χ1n) is 7.40. The minimum absolute atomic E-state index is 0.0251. The maximum Gasteiger partial charge on any atom is 0.410 e. The number of esters is 1. The van der Waals surface area contributed by atoms with Gasteiger partial charge in [0.15, 0.2) is 6.04 Å². The van der Waals surface area contributed by atoms with Crippen molar-refractivity contribution >= 4 is 12.1 Å². The van der Waals surface area contributed by atoms with Crippen LogP contribution in [0.1, 0.15) is 26.3 Å². The zero-order valence-corrected chi connectivity index (χ0v) is 14.4. The number of nitrogens with zero attached hydrogens (tertiary/aromatic N) is 1. The Hall–Kier alpha value is -2.08. The lowest BCUT2D eigenvalue weighted by Crippen LogP contribution is -2.47. The molecule has 1 aromatic carbocycles. The molecular weight excluding hydrogens is 298 g/mol. The normalized spacial score (nSPS) is 12.4. The summed E-state index contributed by atoms with van der Waals surface area (Å²) in [6.45, 7) is 5.65. The van der Waals surface area contributed by atoms with Crippen LogP contribution in [0.3, 0.4) is 0 Å². The Morgan fingerprint density at radius 1 is 1.17 bits per heavy atom. The van der Waals surface area contributed by atoms with Gasteiger partial charge in [0.1, 0.15) is 5.60 Å². The fourth-order valence-electron chi connectivity index (χ4n) is 1.80. The van der Waals surface area contributed by atoms with Gasteiger partial charge < -0.3 is 14.2 Å². The molecule has 1 rings (SSSR count). The van der Waals surface area contributed by atoms with Gasteiger partial charge >= 0.3 is 12.1 Å². The van der Waals surface area contributed by atoms with Gasteiger partial charge in [0.05, 0.1) is 20.3 Å². The number of methoxy groups -OCH3 is 1. The zero-order valence-electron chi connectivity index (χ0n) is 14.4. The van der Waals surface area contributed by atoms with Gasteiger partial charge in [-0.15, -0.1) is 0 Å². The summed E-state index contributed by atoms with van der Waals surface area (Å²) >= 11 is 0. The predicted octanol–water partition coefficient (Wildman–Crippen LogP) is 2.61. The third-order valence-electron chi connectivity index (χ3n) is 3.01. The summed E-state index contributed by atoms with van der Waals surface area (Å²) in [5.41, 5.74) is 0.340. The van der Waals surface area contributed by atoms with E-state index in [1.54, 1.807) is 20.8 Å². The van der Waals surface area contributed by atoms with E-state index in [0.29, 0.717) is 6.61 Å².